The van der Waals surface area contributed by atoms with Crippen LogP contribution in [0.5, 0.6) is 5.75 Å². The SMILES string of the molecule is CCOc1ccc2[nH]c3c(Cl)ncnc3c2c1. The van der Waals surface area contributed by atoms with Crippen LogP contribution in [-0.2, 0) is 0 Å². The number of rotatable bonds is 2. The van der Waals surface area contributed by atoms with Crippen molar-refractivity contribution in [2.45, 2.75) is 6.92 Å². The number of ether oxygens (including phenoxy) is 1. The van der Waals surface area contributed by atoms with Gasteiger partial charge in [0.2, 0.25) is 0 Å². The maximum atomic E-state index is 6.02. The summed E-state index contributed by atoms with van der Waals surface area (Å²) in [6, 6.07) is 5.84. The van der Waals surface area contributed by atoms with E-state index in [-0.39, 0.29) is 0 Å². The minimum Gasteiger partial charge on any atom is -0.494 e. The highest BCUT2D eigenvalue weighted by Crippen LogP contribution is 2.29. The van der Waals surface area contributed by atoms with Gasteiger partial charge in [-0.1, -0.05) is 11.6 Å². The van der Waals surface area contributed by atoms with Gasteiger partial charge in [0, 0.05) is 10.9 Å². The van der Waals surface area contributed by atoms with Crippen LogP contribution >= 0.6 is 11.6 Å². The Bertz CT molecular complexity index is 693. The van der Waals surface area contributed by atoms with Crippen molar-refractivity contribution >= 4 is 33.5 Å². The molecule has 0 spiro atoms. The van der Waals surface area contributed by atoms with Crippen molar-refractivity contribution in [2.24, 2.45) is 0 Å². The van der Waals surface area contributed by atoms with E-state index in [0.717, 1.165) is 27.7 Å². The van der Waals surface area contributed by atoms with Crippen molar-refractivity contribution in [3.8, 4) is 5.75 Å². The van der Waals surface area contributed by atoms with Gasteiger partial charge < -0.3 is 9.72 Å². The monoisotopic (exact) mass is 247 g/mol. The summed E-state index contributed by atoms with van der Waals surface area (Å²) in [6.07, 6.45) is 1.46. The minimum absolute atomic E-state index is 0.434. The van der Waals surface area contributed by atoms with Crippen LogP contribution < -0.4 is 4.74 Å². The van der Waals surface area contributed by atoms with Crippen LogP contribution in [0.15, 0.2) is 24.5 Å². The van der Waals surface area contributed by atoms with Crippen LogP contribution in [0.1, 0.15) is 6.92 Å². The molecule has 0 aliphatic rings. The molecule has 0 bridgehead atoms. The highest BCUT2D eigenvalue weighted by molar-refractivity contribution is 6.34. The maximum Gasteiger partial charge on any atom is 0.156 e. The molecule has 3 aromatic rings. The lowest BCUT2D eigenvalue weighted by atomic mass is 10.2. The Morgan fingerprint density at radius 1 is 1.35 bits per heavy atom. The van der Waals surface area contributed by atoms with E-state index in [1.807, 2.05) is 25.1 Å². The molecule has 0 unspecified atom stereocenters. The van der Waals surface area contributed by atoms with Gasteiger partial charge in [0.05, 0.1) is 6.61 Å². The fraction of sp³-hybridized carbons (Fsp3) is 0.167. The van der Waals surface area contributed by atoms with Gasteiger partial charge in [-0.2, -0.15) is 0 Å². The molecule has 3 rings (SSSR count). The third-order valence-corrected chi connectivity index (χ3v) is 2.90. The normalized spacial score (nSPS) is 11.2. The number of benzene rings is 1. The highest BCUT2D eigenvalue weighted by atomic mass is 35.5. The summed E-state index contributed by atoms with van der Waals surface area (Å²) < 4.78 is 5.47. The van der Waals surface area contributed by atoms with Crippen LogP contribution in [0, 0.1) is 0 Å². The topological polar surface area (TPSA) is 50.8 Å². The van der Waals surface area contributed by atoms with Gasteiger partial charge in [-0.15, -0.1) is 0 Å². The molecule has 0 fully saturated rings. The van der Waals surface area contributed by atoms with Gasteiger partial charge in [0.1, 0.15) is 23.1 Å². The third kappa shape index (κ3) is 1.61. The highest BCUT2D eigenvalue weighted by Gasteiger charge is 2.09. The first kappa shape index (κ1) is 10.4. The summed E-state index contributed by atoms with van der Waals surface area (Å²) in [7, 11) is 0. The van der Waals surface area contributed by atoms with Gasteiger partial charge in [0.25, 0.3) is 0 Å². The van der Waals surface area contributed by atoms with Crippen LogP contribution in [0.2, 0.25) is 5.15 Å². The number of halogens is 1. The Kier molecular flexibility index (Phi) is 2.37. The lowest BCUT2D eigenvalue weighted by Crippen LogP contribution is -1.90. The van der Waals surface area contributed by atoms with E-state index < -0.39 is 0 Å². The summed E-state index contributed by atoms with van der Waals surface area (Å²) >= 11 is 6.02. The molecule has 4 nitrogen and oxygen atoms in total. The summed E-state index contributed by atoms with van der Waals surface area (Å²) in [5.74, 6) is 0.829. The first-order valence-corrected chi connectivity index (χ1v) is 5.72. The summed E-state index contributed by atoms with van der Waals surface area (Å²) in [5.41, 5.74) is 2.56. The number of aromatic amines is 1. The predicted octanol–water partition coefficient (Wildman–Crippen LogP) is 3.16. The van der Waals surface area contributed by atoms with Gasteiger partial charge in [-0.3, -0.25) is 0 Å². The van der Waals surface area contributed by atoms with E-state index in [4.69, 9.17) is 16.3 Å². The van der Waals surface area contributed by atoms with Crippen LogP contribution in [0.25, 0.3) is 21.9 Å². The number of H-pyrrole nitrogens is 1. The van der Waals surface area contributed by atoms with E-state index in [1.165, 1.54) is 6.33 Å². The molecular weight excluding hydrogens is 238 g/mol. The zero-order valence-corrected chi connectivity index (χ0v) is 9.95. The largest absolute Gasteiger partial charge is 0.494 e. The summed E-state index contributed by atoms with van der Waals surface area (Å²) in [6.45, 7) is 2.60. The number of aromatic nitrogens is 3. The average molecular weight is 248 g/mol. The molecule has 0 saturated carbocycles. The second-order valence-electron chi connectivity index (χ2n) is 3.65. The van der Waals surface area contributed by atoms with Crippen molar-refractivity contribution < 1.29 is 4.74 Å². The number of nitrogens with one attached hydrogen (secondary N) is 1. The standard InChI is InChI=1S/C12H10ClN3O/c1-2-17-7-3-4-9-8(5-7)10-11(16-9)12(13)15-6-14-10/h3-6,16H,2H2,1H3. The van der Waals surface area contributed by atoms with Crippen molar-refractivity contribution in [2.75, 3.05) is 6.61 Å². The van der Waals surface area contributed by atoms with Crippen molar-refractivity contribution in [3.05, 3.63) is 29.7 Å². The summed E-state index contributed by atoms with van der Waals surface area (Å²) in [5, 5.41) is 1.43. The second-order valence-corrected chi connectivity index (χ2v) is 4.01. The van der Waals surface area contributed by atoms with Crippen LogP contribution in [0.4, 0.5) is 0 Å². The van der Waals surface area contributed by atoms with E-state index in [2.05, 4.69) is 15.0 Å². The number of hydrogen-bond donors (Lipinski definition) is 1. The summed E-state index contributed by atoms with van der Waals surface area (Å²) in [4.78, 5) is 11.4. The molecule has 0 radical (unpaired) electrons. The van der Waals surface area contributed by atoms with Crippen molar-refractivity contribution in [1.82, 2.24) is 15.0 Å². The number of hydrogen-bond acceptors (Lipinski definition) is 3. The lowest BCUT2D eigenvalue weighted by Gasteiger charge is -2.01. The quantitative estimate of drug-likeness (QED) is 0.708. The lowest BCUT2D eigenvalue weighted by molar-refractivity contribution is 0.341. The Morgan fingerprint density at radius 3 is 3.06 bits per heavy atom. The molecule has 86 valence electrons. The molecule has 1 N–H and O–H groups in total. The Morgan fingerprint density at radius 2 is 2.24 bits per heavy atom. The predicted molar refractivity (Wildman–Crippen MR) is 67.6 cm³/mol. The molecule has 5 heteroatoms. The molecule has 2 aromatic heterocycles. The molecule has 17 heavy (non-hydrogen) atoms. The Hall–Kier alpha value is -1.81. The van der Waals surface area contributed by atoms with Crippen LogP contribution in [-0.4, -0.2) is 21.6 Å². The average Bonchev–Trinajstić information content (AvgIpc) is 2.70. The van der Waals surface area contributed by atoms with Crippen molar-refractivity contribution in [3.63, 3.8) is 0 Å². The molecule has 1 aromatic carbocycles. The van der Waals surface area contributed by atoms with E-state index in [1.54, 1.807) is 0 Å². The van der Waals surface area contributed by atoms with Gasteiger partial charge >= 0.3 is 0 Å². The molecule has 0 amide bonds. The number of nitrogens with zero attached hydrogens (tertiary/aromatic N) is 2. The van der Waals surface area contributed by atoms with Gasteiger partial charge in [-0.25, -0.2) is 9.97 Å². The zero-order chi connectivity index (χ0) is 11.8. The maximum absolute atomic E-state index is 6.02. The van der Waals surface area contributed by atoms with Gasteiger partial charge in [-0.05, 0) is 25.1 Å². The zero-order valence-electron chi connectivity index (χ0n) is 9.20. The minimum atomic E-state index is 0.434. The molecule has 0 aliphatic heterocycles. The fourth-order valence-corrected chi connectivity index (χ4v) is 2.08. The smallest absolute Gasteiger partial charge is 0.156 e. The Balaban J connectivity index is 2.34. The molecular formula is C12H10ClN3O. The van der Waals surface area contributed by atoms with Crippen molar-refractivity contribution in [1.29, 1.82) is 0 Å². The molecule has 0 aliphatic carbocycles. The van der Waals surface area contributed by atoms with E-state index in [0.29, 0.717) is 11.8 Å². The van der Waals surface area contributed by atoms with E-state index in [9.17, 15) is 0 Å². The molecule has 0 saturated heterocycles. The third-order valence-electron chi connectivity index (χ3n) is 2.62. The molecule has 2 heterocycles. The van der Waals surface area contributed by atoms with E-state index >= 15 is 0 Å². The first-order chi connectivity index (χ1) is 8.29. The number of fused-ring (bicyclic) bond motifs is 3. The fourth-order valence-electron chi connectivity index (χ4n) is 1.90. The molecule has 0 atom stereocenters. The second kappa shape index (κ2) is 3.89. The van der Waals surface area contributed by atoms with Gasteiger partial charge in [0.15, 0.2) is 5.15 Å². The first-order valence-electron chi connectivity index (χ1n) is 5.34. The van der Waals surface area contributed by atoms with Crippen LogP contribution in [0.3, 0.4) is 0 Å². The Labute approximate surface area is 103 Å².